The third kappa shape index (κ3) is 2.77. The van der Waals surface area contributed by atoms with Gasteiger partial charge in [-0.05, 0) is 30.2 Å². The van der Waals surface area contributed by atoms with E-state index in [0.29, 0.717) is 22.0 Å². The van der Waals surface area contributed by atoms with Crippen LogP contribution < -0.4 is 0 Å². The molecule has 0 aliphatic carbocycles. The van der Waals surface area contributed by atoms with Gasteiger partial charge in [-0.15, -0.1) is 0 Å². The van der Waals surface area contributed by atoms with Crippen molar-refractivity contribution < 1.29 is 9.18 Å². The lowest BCUT2D eigenvalue weighted by molar-refractivity contribution is -0.104. The maximum atomic E-state index is 13.3. The Kier molecular flexibility index (Phi) is 4.01. The molecule has 0 atom stereocenters. The molecule has 1 rings (SSSR count). The summed E-state index contributed by atoms with van der Waals surface area (Å²) in [6, 6.07) is 4.76. The first-order valence-corrected chi connectivity index (χ1v) is 5.07. The summed E-state index contributed by atoms with van der Waals surface area (Å²) in [4.78, 5) is 10.5. The maximum absolute atomic E-state index is 13.3. The van der Waals surface area contributed by atoms with E-state index in [1.165, 1.54) is 6.07 Å². The zero-order valence-corrected chi connectivity index (χ0v) is 9.34. The van der Waals surface area contributed by atoms with Crippen molar-refractivity contribution in [2.24, 2.45) is 0 Å². The normalized spacial score (nSPS) is 11.5. The minimum atomic E-state index is -0.327. The molecule has 0 spiro atoms. The van der Waals surface area contributed by atoms with Gasteiger partial charge in [0, 0.05) is 10.0 Å². The predicted octanol–water partition coefficient (Wildman–Crippen LogP) is 3.58. The highest BCUT2D eigenvalue weighted by molar-refractivity contribution is 9.10. The maximum Gasteiger partial charge on any atom is 0.146 e. The highest BCUT2D eigenvalue weighted by Gasteiger charge is 2.00. The molecule has 74 valence electrons. The van der Waals surface area contributed by atoms with Crippen molar-refractivity contribution in [1.82, 2.24) is 0 Å². The molecule has 0 unspecified atom stereocenters. The Morgan fingerprint density at radius 2 is 2.29 bits per heavy atom. The topological polar surface area (TPSA) is 17.1 Å². The Labute approximate surface area is 90.8 Å². The Hall–Kier alpha value is -0.960. The lowest BCUT2D eigenvalue weighted by Crippen LogP contribution is -1.86. The number of carbonyl (C=O) groups is 1. The Balaban J connectivity index is 3.08. The summed E-state index contributed by atoms with van der Waals surface area (Å²) in [5.41, 5.74) is 1.03. The van der Waals surface area contributed by atoms with Crippen LogP contribution in [0.1, 0.15) is 18.9 Å². The SMILES string of the molecule is CCC(C=O)=Cc1ccc(Br)cc1F. The van der Waals surface area contributed by atoms with E-state index >= 15 is 0 Å². The van der Waals surface area contributed by atoms with Crippen molar-refractivity contribution in [3.63, 3.8) is 0 Å². The fourth-order valence-corrected chi connectivity index (χ4v) is 1.37. The van der Waals surface area contributed by atoms with Crippen molar-refractivity contribution >= 4 is 28.3 Å². The molecule has 0 aromatic heterocycles. The fourth-order valence-electron chi connectivity index (χ4n) is 1.04. The molecule has 14 heavy (non-hydrogen) atoms. The van der Waals surface area contributed by atoms with E-state index in [4.69, 9.17) is 0 Å². The molecular formula is C11H10BrFO. The van der Waals surface area contributed by atoms with Gasteiger partial charge in [-0.2, -0.15) is 0 Å². The van der Waals surface area contributed by atoms with Gasteiger partial charge < -0.3 is 0 Å². The molecule has 0 N–H and O–H groups in total. The van der Waals surface area contributed by atoms with Gasteiger partial charge in [0.1, 0.15) is 12.1 Å². The molecule has 0 amide bonds. The summed E-state index contributed by atoms with van der Waals surface area (Å²) in [6.45, 7) is 1.86. The quantitative estimate of drug-likeness (QED) is 0.597. The average molecular weight is 257 g/mol. The second-order valence-electron chi connectivity index (χ2n) is 2.86. The molecule has 1 aromatic carbocycles. The number of hydrogen-bond donors (Lipinski definition) is 0. The van der Waals surface area contributed by atoms with Crippen LogP contribution in [-0.2, 0) is 4.79 Å². The number of hydrogen-bond acceptors (Lipinski definition) is 1. The average Bonchev–Trinajstić information content (AvgIpc) is 2.17. The number of halogens is 2. The second kappa shape index (κ2) is 5.05. The monoisotopic (exact) mass is 256 g/mol. The summed E-state index contributed by atoms with van der Waals surface area (Å²) in [5.74, 6) is -0.327. The molecule has 0 heterocycles. The van der Waals surface area contributed by atoms with Crippen LogP contribution in [0, 0.1) is 5.82 Å². The van der Waals surface area contributed by atoms with E-state index in [1.54, 1.807) is 18.2 Å². The Morgan fingerprint density at radius 3 is 2.79 bits per heavy atom. The van der Waals surface area contributed by atoms with Crippen LogP contribution in [-0.4, -0.2) is 6.29 Å². The molecule has 0 saturated heterocycles. The summed E-state index contributed by atoms with van der Waals surface area (Å²) in [6.07, 6.45) is 2.93. The van der Waals surface area contributed by atoms with Crippen LogP contribution in [0.5, 0.6) is 0 Å². The van der Waals surface area contributed by atoms with Crippen LogP contribution in [0.25, 0.3) is 6.08 Å². The smallest absolute Gasteiger partial charge is 0.146 e. The molecule has 0 radical (unpaired) electrons. The number of aldehydes is 1. The number of allylic oxidation sites excluding steroid dienone is 1. The molecule has 0 bridgehead atoms. The van der Waals surface area contributed by atoms with E-state index in [1.807, 2.05) is 6.92 Å². The Bertz CT molecular complexity index is 372. The first-order valence-electron chi connectivity index (χ1n) is 4.28. The van der Waals surface area contributed by atoms with Crippen LogP contribution >= 0.6 is 15.9 Å². The molecule has 1 aromatic rings. The van der Waals surface area contributed by atoms with Crippen molar-refractivity contribution in [2.45, 2.75) is 13.3 Å². The highest BCUT2D eigenvalue weighted by atomic mass is 79.9. The summed E-state index contributed by atoms with van der Waals surface area (Å²) >= 11 is 3.17. The van der Waals surface area contributed by atoms with Gasteiger partial charge in [0.25, 0.3) is 0 Å². The van der Waals surface area contributed by atoms with Crippen molar-refractivity contribution in [1.29, 1.82) is 0 Å². The van der Waals surface area contributed by atoms with Gasteiger partial charge >= 0.3 is 0 Å². The molecule has 0 aliphatic rings. The van der Waals surface area contributed by atoms with E-state index in [0.717, 1.165) is 6.29 Å². The second-order valence-corrected chi connectivity index (χ2v) is 3.77. The molecular weight excluding hydrogens is 247 g/mol. The summed E-state index contributed by atoms with van der Waals surface area (Å²) in [5, 5.41) is 0. The van der Waals surface area contributed by atoms with Crippen LogP contribution in [0.3, 0.4) is 0 Å². The van der Waals surface area contributed by atoms with Gasteiger partial charge in [-0.3, -0.25) is 4.79 Å². The largest absolute Gasteiger partial charge is 0.298 e. The van der Waals surface area contributed by atoms with Gasteiger partial charge in [0.05, 0.1) is 0 Å². The number of rotatable bonds is 3. The van der Waals surface area contributed by atoms with Crippen LogP contribution in [0.2, 0.25) is 0 Å². The first-order chi connectivity index (χ1) is 6.67. The van der Waals surface area contributed by atoms with Gasteiger partial charge in [-0.1, -0.05) is 28.9 Å². The van der Waals surface area contributed by atoms with E-state index in [2.05, 4.69) is 15.9 Å². The van der Waals surface area contributed by atoms with Gasteiger partial charge in [0.2, 0.25) is 0 Å². The third-order valence-electron chi connectivity index (χ3n) is 1.86. The standard InChI is InChI=1S/C11H10BrFO/c1-2-8(7-14)5-9-3-4-10(12)6-11(9)13/h3-7H,2H2,1H3. The summed E-state index contributed by atoms with van der Waals surface area (Å²) < 4.78 is 14.0. The van der Waals surface area contributed by atoms with Crippen LogP contribution in [0.15, 0.2) is 28.2 Å². The predicted molar refractivity (Wildman–Crippen MR) is 58.4 cm³/mol. The van der Waals surface area contributed by atoms with Crippen molar-refractivity contribution in [2.75, 3.05) is 0 Å². The third-order valence-corrected chi connectivity index (χ3v) is 2.36. The first kappa shape index (κ1) is 11.1. The lowest BCUT2D eigenvalue weighted by Gasteiger charge is -1.99. The molecule has 0 saturated carbocycles. The Morgan fingerprint density at radius 1 is 1.57 bits per heavy atom. The van der Waals surface area contributed by atoms with E-state index < -0.39 is 0 Å². The minimum absolute atomic E-state index is 0.327. The van der Waals surface area contributed by atoms with Crippen LogP contribution in [0.4, 0.5) is 4.39 Å². The highest BCUT2D eigenvalue weighted by Crippen LogP contribution is 2.17. The number of carbonyl (C=O) groups excluding carboxylic acids is 1. The van der Waals surface area contributed by atoms with Crippen molar-refractivity contribution in [3.05, 3.63) is 39.6 Å². The molecule has 3 heteroatoms. The van der Waals surface area contributed by atoms with Gasteiger partial charge in [-0.25, -0.2) is 4.39 Å². The van der Waals surface area contributed by atoms with Crippen molar-refractivity contribution in [3.8, 4) is 0 Å². The molecule has 1 nitrogen and oxygen atoms in total. The zero-order chi connectivity index (χ0) is 10.6. The van der Waals surface area contributed by atoms with E-state index in [9.17, 15) is 9.18 Å². The minimum Gasteiger partial charge on any atom is -0.298 e. The van der Waals surface area contributed by atoms with Gasteiger partial charge in [0.15, 0.2) is 0 Å². The fraction of sp³-hybridized carbons (Fsp3) is 0.182. The lowest BCUT2D eigenvalue weighted by atomic mass is 10.1. The molecule has 0 fully saturated rings. The number of benzene rings is 1. The van der Waals surface area contributed by atoms with E-state index in [-0.39, 0.29) is 5.82 Å². The zero-order valence-electron chi connectivity index (χ0n) is 7.76. The molecule has 0 aliphatic heterocycles. The summed E-state index contributed by atoms with van der Waals surface area (Å²) in [7, 11) is 0.